The molecular weight excluding hydrogens is 233 g/mol. The van der Waals surface area contributed by atoms with E-state index in [-0.39, 0.29) is 5.91 Å². The van der Waals surface area contributed by atoms with Crippen molar-refractivity contribution in [3.63, 3.8) is 0 Å². The molecular formula is C11H11Cl2NO. The van der Waals surface area contributed by atoms with E-state index in [4.69, 9.17) is 23.2 Å². The van der Waals surface area contributed by atoms with Crippen LogP contribution >= 0.6 is 23.2 Å². The van der Waals surface area contributed by atoms with E-state index in [1.165, 1.54) is 6.08 Å². The van der Waals surface area contributed by atoms with Crippen molar-refractivity contribution in [1.29, 1.82) is 0 Å². The van der Waals surface area contributed by atoms with Gasteiger partial charge < -0.3 is 5.32 Å². The molecule has 0 fully saturated rings. The van der Waals surface area contributed by atoms with Crippen molar-refractivity contribution in [3.8, 4) is 0 Å². The predicted molar refractivity (Wildman–Crippen MR) is 64.2 cm³/mol. The molecule has 0 saturated carbocycles. The van der Waals surface area contributed by atoms with Crippen molar-refractivity contribution in [2.24, 2.45) is 0 Å². The molecule has 0 aliphatic carbocycles. The van der Waals surface area contributed by atoms with Gasteiger partial charge in [-0.05, 0) is 23.8 Å². The molecule has 0 unspecified atom stereocenters. The third-order valence-electron chi connectivity index (χ3n) is 1.69. The number of halogens is 2. The number of hydrogen-bond donors (Lipinski definition) is 1. The molecule has 0 heterocycles. The number of carbonyl (C=O) groups excluding carboxylic acids is 1. The van der Waals surface area contributed by atoms with Gasteiger partial charge >= 0.3 is 0 Å². The molecule has 80 valence electrons. The van der Waals surface area contributed by atoms with E-state index < -0.39 is 0 Å². The van der Waals surface area contributed by atoms with E-state index >= 15 is 0 Å². The molecule has 4 heteroatoms. The lowest BCUT2D eigenvalue weighted by Gasteiger charge is -1.97. The quantitative estimate of drug-likeness (QED) is 0.640. The number of benzene rings is 1. The van der Waals surface area contributed by atoms with Crippen LogP contribution in [0.15, 0.2) is 30.3 Å². The molecule has 1 aromatic carbocycles. The van der Waals surface area contributed by atoms with Crippen LogP contribution in [0, 0.1) is 0 Å². The van der Waals surface area contributed by atoms with E-state index in [1.54, 1.807) is 18.2 Å². The molecule has 15 heavy (non-hydrogen) atoms. The molecule has 1 rings (SSSR count). The van der Waals surface area contributed by atoms with Crippen LogP contribution in [0.4, 0.5) is 0 Å². The summed E-state index contributed by atoms with van der Waals surface area (Å²) in [5.41, 5.74) is 0.931. The Bertz CT molecular complexity index is 346. The van der Waals surface area contributed by atoms with Gasteiger partial charge in [-0.25, -0.2) is 0 Å². The maximum atomic E-state index is 11.2. The SMILES string of the molecule is O=C(/C=C/c1ccc(Cl)cc1)NCCCl. The Labute approximate surface area is 98.9 Å². The number of nitrogens with one attached hydrogen (secondary N) is 1. The number of carbonyl (C=O) groups is 1. The van der Waals surface area contributed by atoms with Gasteiger partial charge in [0.1, 0.15) is 0 Å². The second-order valence-electron chi connectivity index (χ2n) is 2.86. The van der Waals surface area contributed by atoms with Gasteiger partial charge in [-0.1, -0.05) is 23.7 Å². The number of hydrogen-bond acceptors (Lipinski definition) is 1. The topological polar surface area (TPSA) is 29.1 Å². The van der Waals surface area contributed by atoms with Crippen LogP contribution in [0.2, 0.25) is 5.02 Å². The van der Waals surface area contributed by atoms with Gasteiger partial charge in [0.15, 0.2) is 0 Å². The highest BCUT2D eigenvalue weighted by atomic mass is 35.5. The van der Waals surface area contributed by atoms with Crippen molar-refractivity contribution in [3.05, 3.63) is 40.9 Å². The maximum Gasteiger partial charge on any atom is 0.244 e. The Morgan fingerprint density at radius 2 is 2.00 bits per heavy atom. The Balaban J connectivity index is 2.50. The summed E-state index contributed by atoms with van der Waals surface area (Å²) in [7, 11) is 0. The Morgan fingerprint density at radius 3 is 2.60 bits per heavy atom. The summed E-state index contributed by atoms with van der Waals surface area (Å²) in [6.45, 7) is 0.478. The van der Waals surface area contributed by atoms with Crippen molar-refractivity contribution < 1.29 is 4.79 Å². The lowest BCUT2D eigenvalue weighted by molar-refractivity contribution is -0.116. The molecule has 0 bridgehead atoms. The zero-order valence-corrected chi connectivity index (χ0v) is 9.55. The standard InChI is InChI=1S/C11H11Cl2NO/c12-7-8-14-11(15)6-3-9-1-4-10(13)5-2-9/h1-6H,7-8H2,(H,14,15)/b6-3+. The van der Waals surface area contributed by atoms with E-state index in [0.717, 1.165) is 5.56 Å². The zero-order valence-electron chi connectivity index (χ0n) is 8.04. The van der Waals surface area contributed by atoms with Crippen molar-refractivity contribution in [1.82, 2.24) is 5.32 Å². The van der Waals surface area contributed by atoms with Gasteiger partial charge in [0.25, 0.3) is 0 Å². The molecule has 0 aliphatic heterocycles. The van der Waals surface area contributed by atoms with Crippen LogP contribution in [-0.2, 0) is 4.79 Å². The summed E-state index contributed by atoms with van der Waals surface area (Å²) in [6, 6.07) is 7.23. The molecule has 0 atom stereocenters. The first-order valence-electron chi connectivity index (χ1n) is 4.50. The van der Waals surface area contributed by atoms with E-state index in [2.05, 4.69) is 5.32 Å². The lowest BCUT2D eigenvalue weighted by Crippen LogP contribution is -2.22. The highest BCUT2D eigenvalue weighted by Gasteiger charge is 1.93. The first-order valence-corrected chi connectivity index (χ1v) is 5.41. The second kappa shape index (κ2) is 6.49. The number of amides is 1. The normalized spacial score (nSPS) is 10.5. The minimum atomic E-state index is -0.148. The summed E-state index contributed by atoms with van der Waals surface area (Å²) < 4.78 is 0. The fraction of sp³-hybridized carbons (Fsp3) is 0.182. The average molecular weight is 244 g/mol. The minimum Gasteiger partial charge on any atom is -0.351 e. The number of alkyl halides is 1. The molecule has 0 aromatic heterocycles. The molecule has 1 N–H and O–H groups in total. The highest BCUT2D eigenvalue weighted by Crippen LogP contribution is 2.10. The van der Waals surface area contributed by atoms with E-state index in [9.17, 15) is 4.79 Å². The van der Waals surface area contributed by atoms with Gasteiger partial charge in [0.2, 0.25) is 5.91 Å². The molecule has 1 amide bonds. The van der Waals surface area contributed by atoms with Crippen LogP contribution in [0.25, 0.3) is 6.08 Å². The Morgan fingerprint density at radius 1 is 1.33 bits per heavy atom. The zero-order chi connectivity index (χ0) is 11.1. The second-order valence-corrected chi connectivity index (χ2v) is 3.68. The van der Waals surface area contributed by atoms with Crippen molar-refractivity contribution >= 4 is 35.2 Å². The average Bonchev–Trinajstić information content (AvgIpc) is 2.25. The fourth-order valence-electron chi connectivity index (χ4n) is 0.975. The summed E-state index contributed by atoms with van der Waals surface area (Å²) in [6.07, 6.45) is 3.19. The Hall–Kier alpha value is -0.990. The minimum absolute atomic E-state index is 0.148. The van der Waals surface area contributed by atoms with Crippen molar-refractivity contribution in [2.75, 3.05) is 12.4 Å². The Kier molecular flexibility index (Phi) is 5.22. The van der Waals surface area contributed by atoms with E-state index in [1.807, 2.05) is 12.1 Å². The molecule has 0 radical (unpaired) electrons. The van der Waals surface area contributed by atoms with Gasteiger partial charge in [-0.15, -0.1) is 11.6 Å². The largest absolute Gasteiger partial charge is 0.351 e. The summed E-state index contributed by atoms with van der Waals surface area (Å²) in [4.78, 5) is 11.2. The van der Waals surface area contributed by atoms with Gasteiger partial charge in [0.05, 0.1) is 0 Å². The van der Waals surface area contributed by atoms with Gasteiger partial charge in [-0.3, -0.25) is 4.79 Å². The smallest absolute Gasteiger partial charge is 0.244 e. The summed E-state index contributed by atoms with van der Waals surface area (Å²) in [5.74, 6) is 0.270. The summed E-state index contributed by atoms with van der Waals surface area (Å²) >= 11 is 11.2. The molecule has 0 spiro atoms. The summed E-state index contributed by atoms with van der Waals surface area (Å²) in [5, 5.41) is 3.31. The maximum absolute atomic E-state index is 11.2. The number of rotatable bonds is 4. The molecule has 0 saturated heterocycles. The van der Waals surface area contributed by atoms with Crippen molar-refractivity contribution in [2.45, 2.75) is 0 Å². The van der Waals surface area contributed by atoms with Crippen LogP contribution in [-0.4, -0.2) is 18.3 Å². The highest BCUT2D eigenvalue weighted by molar-refractivity contribution is 6.30. The molecule has 2 nitrogen and oxygen atoms in total. The monoisotopic (exact) mass is 243 g/mol. The first kappa shape index (κ1) is 12.1. The fourth-order valence-corrected chi connectivity index (χ4v) is 1.20. The van der Waals surface area contributed by atoms with Gasteiger partial charge in [-0.2, -0.15) is 0 Å². The third kappa shape index (κ3) is 4.86. The van der Waals surface area contributed by atoms with E-state index in [0.29, 0.717) is 17.4 Å². The first-order chi connectivity index (χ1) is 7.22. The van der Waals surface area contributed by atoms with Crippen LogP contribution in [0.1, 0.15) is 5.56 Å². The van der Waals surface area contributed by atoms with Gasteiger partial charge in [0, 0.05) is 23.5 Å². The predicted octanol–water partition coefficient (Wildman–Crippen LogP) is 2.71. The van der Waals surface area contributed by atoms with Crippen LogP contribution in [0.5, 0.6) is 0 Å². The van der Waals surface area contributed by atoms with Crippen LogP contribution in [0.3, 0.4) is 0 Å². The molecule has 0 aliphatic rings. The third-order valence-corrected chi connectivity index (χ3v) is 2.13. The molecule has 1 aromatic rings. The van der Waals surface area contributed by atoms with Crippen LogP contribution < -0.4 is 5.32 Å². The lowest BCUT2D eigenvalue weighted by atomic mass is 10.2.